The van der Waals surface area contributed by atoms with Crippen LogP contribution in [-0.4, -0.2) is 87.8 Å². The second-order valence-electron chi connectivity index (χ2n) is 12.3. The average Bonchev–Trinajstić information content (AvgIpc) is 3.22. The number of amides is 4. The van der Waals surface area contributed by atoms with Crippen LogP contribution in [0.4, 0.5) is 0 Å². The SMILES string of the molecule is CCC.CC[C@H](NC=O)C(=O)NC(C)C(=O)NCC(=O)NC(/C=C/S(=O)c1ccccc1)CC(=O)O.COCc1ccccc1.Cc1ccc2ccccc2n1.O=CO. The molecule has 59 heavy (non-hydrogen) atoms. The van der Waals surface area contributed by atoms with Crippen molar-refractivity contribution in [3.8, 4) is 0 Å². The second kappa shape index (κ2) is 32.8. The predicted molar refractivity (Wildman–Crippen MR) is 228 cm³/mol. The largest absolute Gasteiger partial charge is 0.483 e. The normalized spacial score (nSPS) is 11.9. The fourth-order valence-electron chi connectivity index (χ4n) is 4.48. The lowest BCUT2D eigenvalue weighted by Crippen LogP contribution is -2.52. The lowest BCUT2D eigenvalue weighted by molar-refractivity contribution is -0.137. The highest BCUT2D eigenvalue weighted by atomic mass is 32.2. The molecule has 3 unspecified atom stereocenters. The molecular weight excluding hydrogens is 779 g/mol. The van der Waals surface area contributed by atoms with E-state index in [9.17, 15) is 28.2 Å². The molecule has 4 amide bonds. The molecule has 0 aliphatic carbocycles. The molecule has 0 saturated carbocycles. The first-order valence-electron chi connectivity index (χ1n) is 18.7. The molecule has 0 saturated heterocycles. The van der Waals surface area contributed by atoms with E-state index in [0.717, 1.165) is 11.2 Å². The van der Waals surface area contributed by atoms with Gasteiger partial charge in [0.15, 0.2) is 0 Å². The van der Waals surface area contributed by atoms with Gasteiger partial charge < -0.3 is 36.2 Å². The van der Waals surface area contributed by atoms with Gasteiger partial charge in [0, 0.05) is 28.5 Å². The molecule has 0 bridgehead atoms. The zero-order valence-electron chi connectivity index (χ0n) is 34.3. The van der Waals surface area contributed by atoms with E-state index in [1.807, 2.05) is 61.5 Å². The quantitative estimate of drug-likeness (QED) is 0.0831. The van der Waals surface area contributed by atoms with E-state index in [4.69, 9.17) is 19.7 Å². The molecule has 4 rings (SSSR count). The topological polar surface area (TPSA) is 230 Å². The van der Waals surface area contributed by atoms with Crippen LogP contribution in [0.5, 0.6) is 0 Å². The number of methoxy groups -OCH3 is 1. The number of carbonyl (C=O) groups excluding carboxylic acids is 4. The van der Waals surface area contributed by atoms with Crippen molar-refractivity contribution in [3.05, 3.63) is 120 Å². The molecular formula is C43H57N5O10S. The van der Waals surface area contributed by atoms with E-state index in [1.54, 1.807) is 44.4 Å². The second-order valence-corrected chi connectivity index (χ2v) is 13.6. The molecule has 0 aliphatic heterocycles. The fourth-order valence-corrected chi connectivity index (χ4v) is 5.40. The summed E-state index contributed by atoms with van der Waals surface area (Å²) in [5.74, 6) is -3.03. The Morgan fingerprint density at radius 3 is 1.98 bits per heavy atom. The van der Waals surface area contributed by atoms with Gasteiger partial charge in [0.1, 0.15) is 12.1 Å². The van der Waals surface area contributed by atoms with Crippen molar-refractivity contribution in [2.45, 2.75) is 83.5 Å². The Morgan fingerprint density at radius 1 is 0.847 bits per heavy atom. The van der Waals surface area contributed by atoms with E-state index in [-0.39, 0.29) is 6.47 Å². The fraction of sp³-hybridized carbons (Fsp3) is 0.326. The van der Waals surface area contributed by atoms with Crippen molar-refractivity contribution in [1.29, 1.82) is 0 Å². The van der Waals surface area contributed by atoms with Gasteiger partial charge >= 0.3 is 5.97 Å². The van der Waals surface area contributed by atoms with Gasteiger partial charge in [-0.15, -0.1) is 0 Å². The summed E-state index contributed by atoms with van der Waals surface area (Å²) in [6, 6.07) is 28.2. The minimum atomic E-state index is -1.52. The lowest BCUT2D eigenvalue weighted by Gasteiger charge is -2.19. The third kappa shape index (κ3) is 24.9. The van der Waals surface area contributed by atoms with Gasteiger partial charge in [0.2, 0.25) is 24.1 Å². The summed E-state index contributed by atoms with van der Waals surface area (Å²) in [4.78, 5) is 71.2. The maximum absolute atomic E-state index is 12.3. The Bertz CT molecular complexity index is 1880. The zero-order valence-corrected chi connectivity index (χ0v) is 35.1. The van der Waals surface area contributed by atoms with E-state index in [2.05, 4.69) is 52.2 Å². The van der Waals surface area contributed by atoms with Crippen molar-refractivity contribution in [1.82, 2.24) is 26.3 Å². The molecule has 0 fully saturated rings. The number of hydrogen-bond donors (Lipinski definition) is 6. The molecule has 1 heterocycles. The number of aromatic nitrogens is 1. The Hall–Kier alpha value is -6.26. The number of rotatable bonds is 16. The van der Waals surface area contributed by atoms with Gasteiger partial charge in [-0.2, -0.15) is 0 Å². The molecule has 6 N–H and O–H groups in total. The average molecular weight is 836 g/mol. The number of carboxylic acids is 1. The molecule has 0 spiro atoms. The van der Waals surface area contributed by atoms with Gasteiger partial charge in [-0.1, -0.05) is 106 Å². The molecule has 0 radical (unpaired) electrons. The van der Waals surface area contributed by atoms with Crippen LogP contribution in [0, 0.1) is 6.92 Å². The number of fused-ring (bicyclic) bond motifs is 1. The minimum absolute atomic E-state index is 0.250. The van der Waals surface area contributed by atoms with Crippen molar-refractivity contribution in [2.75, 3.05) is 13.7 Å². The Balaban J connectivity index is 0.00000103. The van der Waals surface area contributed by atoms with Crippen LogP contribution in [-0.2, 0) is 50.9 Å². The third-order valence-electron chi connectivity index (χ3n) is 7.21. The monoisotopic (exact) mass is 835 g/mol. The van der Waals surface area contributed by atoms with Crippen LogP contribution in [0.25, 0.3) is 10.9 Å². The Kier molecular flexibility index (Phi) is 29.3. The van der Waals surface area contributed by atoms with E-state index in [1.165, 1.54) is 35.8 Å². The highest BCUT2D eigenvalue weighted by molar-refractivity contribution is 7.88. The van der Waals surface area contributed by atoms with E-state index < -0.39 is 65.6 Å². The van der Waals surface area contributed by atoms with Crippen LogP contribution >= 0.6 is 0 Å². The molecule has 4 aromatic rings. The number of aliphatic carboxylic acids is 1. The molecule has 15 nitrogen and oxygen atoms in total. The van der Waals surface area contributed by atoms with Crippen LogP contribution in [0.1, 0.15) is 58.2 Å². The highest BCUT2D eigenvalue weighted by Gasteiger charge is 2.22. The number of pyridine rings is 1. The summed E-state index contributed by atoms with van der Waals surface area (Å²) in [6.07, 6.45) is 2.84. The smallest absolute Gasteiger partial charge is 0.305 e. The van der Waals surface area contributed by atoms with Crippen LogP contribution in [0.2, 0.25) is 0 Å². The lowest BCUT2D eigenvalue weighted by atomic mass is 10.2. The first-order valence-corrected chi connectivity index (χ1v) is 19.9. The van der Waals surface area contributed by atoms with Gasteiger partial charge in [0.25, 0.3) is 6.47 Å². The van der Waals surface area contributed by atoms with Gasteiger partial charge in [0.05, 0.1) is 41.9 Å². The van der Waals surface area contributed by atoms with Crippen molar-refractivity contribution < 1.29 is 47.9 Å². The number of hydrogen-bond acceptors (Lipinski definition) is 9. The van der Waals surface area contributed by atoms with Crippen LogP contribution in [0.3, 0.4) is 0 Å². The van der Waals surface area contributed by atoms with E-state index in [0.29, 0.717) is 24.3 Å². The summed E-state index contributed by atoms with van der Waals surface area (Å²) in [5, 5.41) is 28.0. The van der Waals surface area contributed by atoms with Crippen molar-refractivity contribution >= 4 is 58.3 Å². The van der Waals surface area contributed by atoms with Gasteiger partial charge in [-0.25, -0.2) is 4.21 Å². The maximum Gasteiger partial charge on any atom is 0.305 e. The molecule has 16 heteroatoms. The number of benzene rings is 3. The van der Waals surface area contributed by atoms with Crippen molar-refractivity contribution in [2.24, 2.45) is 0 Å². The maximum atomic E-state index is 12.3. The zero-order chi connectivity index (χ0) is 44.4. The van der Waals surface area contributed by atoms with Gasteiger partial charge in [-0.3, -0.25) is 33.8 Å². The van der Waals surface area contributed by atoms with Crippen LogP contribution in [0.15, 0.2) is 113 Å². The minimum Gasteiger partial charge on any atom is -0.483 e. The summed E-state index contributed by atoms with van der Waals surface area (Å²) in [5.41, 5.74) is 3.37. The number of ether oxygens (including phenoxy) is 1. The highest BCUT2D eigenvalue weighted by Crippen LogP contribution is 2.11. The van der Waals surface area contributed by atoms with E-state index >= 15 is 0 Å². The third-order valence-corrected chi connectivity index (χ3v) is 8.35. The number of nitrogens with zero attached hydrogens (tertiary/aromatic N) is 1. The first-order chi connectivity index (χ1) is 28.3. The number of nitrogens with one attached hydrogen (secondary N) is 4. The molecule has 0 aliphatic rings. The number of carboxylic acid groups (broad SMARTS) is 2. The number of aryl methyl sites for hydroxylation is 1. The van der Waals surface area contributed by atoms with Gasteiger partial charge in [-0.05, 0) is 50.1 Å². The summed E-state index contributed by atoms with van der Waals surface area (Å²) >= 11 is 0. The molecule has 3 aromatic carbocycles. The molecule has 1 aromatic heterocycles. The summed E-state index contributed by atoms with van der Waals surface area (Å²) in [6.45, 7) is 9.35. The standard InChI is InChI=1S/C21H28N4O7S.C10H9N.C8H10O.C3H8.CH2O2/c1-3-17(23-13-26)21(31)24-14(2)20(30)22-12-18(27)25-15(11-19(28)29)9-10-33(32)16-7-5-4-6-8-16;1-8-6-7-9-4-2-3-5-10(9)11-8;1-9-7-8-5-3-2-4-6-8;1-3-2;2-1-3/h4-10,13-15,17H,3,11-12H2,1-2H3,(H,22,30)(H,23,26)(H,24,31)(H,25,27)(H,28,29);2-7H,1H3;2-6H,7H2,1H3;3H2,1-2H3;1H,(H,2,3)/b10-9+;;;;/t14?,15?,17-,33?;;;;/m0..../s1. The Morgan fingerprint density at radius 2 is 1.42 bits per heavy atom. The number of carbonyl (C=O) groups is 6. The van der Waals surface area contributed by atoms with Crippen molar-refractivity contribution in [3.63, 3.8) is 0 Å². The summed E-state index contributed by atoms with van der Waals surface area (Å²) < 4.78 is 17.2. The van der Waals surface area contributed by atoms with Crippen LogP contribution < -0.4 is 21.3 Å². The number of para-hydroxylation sites is 1. The molecule has 320 valence electrons. The Labute approximate surface area is 348 Å². The predicted octanol–water partition coefficient (Wildman–Crippen LogP) is 4.91. The molecule has 4 atom stereocenters. The summed E-state index contributed by atoms with van der Waals surface area (Å²) in [7, 11) is 0.176. The first kappa shape index (κ1) is 52.7.